The number of hydrogen-bond acceptors (Lipinski definition) is 7. The number of anilines is 2. The summed E-state index contributed by atoms with van der Waals surface area (Å²) in [6.07, 6.45) is 4.12. The van der Waals surface area contributed by atoms with Crippen LogP contribution < -0.4 is 10.1 Å². The van der Waals surface area contributed by atoms with Gasteiger partial charge in [-0.2, -0.15) is 8.78 Å². The molecule has 2 atom stereocenters. The SMILES string of the molecule is O=C([C@H](CO)c1ccc(Nc2ncc(-c3ccc(OC(F)F)cc3)cn2)cc1)N1CCC[C@@H](O)C1. The molecule has 1 aromatic heterocycles. The predicted molar refractivity (Wildman–Crippen MR) is 125 cm³/mol. The number of halogens is 2. The van der Waals surface area contributed by atoms with Crippen LogP contribution >= 0.6 is 0 Å². The van der Waals surface area contributed by atoms with E-state index in [0.29, 0.717) is 35.7 Å². The fourth-order valence-corrected chi connectivity index (χ4v) is 4.00. The van der Waals surface area contributed by atoms with Crippen molar-refractivity contribution < 1.29 is 28.5 Å². The number of aliphatic hydroxyl groups is 2. The van der Waals surface area contributed by atoms with Gasteiger partial charge in [-0.15, -0.1) is 0 Å². The van der Waals surface area contributed by atoms with Gasteiger partial charge in [0.1, 0.15) is 5.75 Å². The van der Waals surface area contributed by atoms with E-state index in [4.69, 9.17) is 0 Å². The fourth-order valence-electron chi connectivity index (χ4n) is 4.00. The molecular formula is C25H26F2N4O4. The minimum absolute atomic E-state index is 0.0741. The van der Waals surface area contributed by atoms with Crippen molar-refractivity contribution in [1.82, 2.24) is 14.9 Å². The third-order valence-electron chi connectivity index (χ3n) is 5.82. The maximum Gasteiger partial charge on any atom is 0.387 e. The molecule has 0 bridgehead atoms. The normalized spacial score (nSPS) is 16.7. The molecule has 0 saturated carbocycles. The first-order valence-corrected chi connectivity index (χ1v) is 11.2. The summed E-state index contributed by atoms with van der Waals surface area (Å²) in [4.78, 5) is 23.0. The monoisotopic (exact) mass is 484 g/mol. The van der Waals surface area contributed by atoms with E-state index < -0.39 is 18.6 Å². The first kappa shape index (κ1) is 24.5. The largest absolute Gasteiger partial charge is 0.435 e. The molecule has 184 valence electrons. The number of amides is 1. The molecule has 1 aliphatic heterocycles. The number of β-amino-alcohol motifs (C(OH)–C–C–N with tert-alkyl or cyclic N) is 1. The number of ether oxygens (including phenoxy) is 1. The van der Waals surface area contributed by atoms with E-state index in [2.05, 4.69) is 20.0 Å². The van der Waals surface area contributed by atoms with E-state index >= 15 is 0 Å². The summed E-state index contributed by atoms with van der Waals surface area (Å²) < 4.78 is 28.9. The summed E-state index contributed by atoms with van der Waals surface area (Å²) in [5.74, 6) is -0.455. The van der Waals surface area contributed by atoms with E-state index in [-0.39, 0.29) is 24.8 Å². The molecule has 2 heterocycles. The molecule has 0 unspecified atom stereocenters. The quantitative estimate of drug-likeness (QED) is 0.449. The van der Waals surface area contributed by atoms with Crippen molar-refractivity contribution in [2.24, 2.45) is 0 Å². The zero-order valence-electron chi connectivity index (χ0n) is 18.8. The molecule has 4 rings (SSSR count). The molecule has 2 aromatic carbocycles. The maximum absolute atomic E-state index is 12.8. The third-order valence-corrected chi connectivity index (χ3v) is 5.82. The average molecular weight is 485 g/mol. The smallest absolute Gasteiger partial charge is 0.387 e. The maximum atomic E-state index is 12.8. The van der Waals surface area contributed by atoms with Crippen LogP contribution in [0.25, 0.3) is 11.1 Å². The van der Waals surface area contributed by atoms with Crippen LogP contribution in [0.3, 0.4) is 0 Å². The number of rotatable bonds is 8. The summed E-state index contributed by atoms with van der Waals surface area (Å²) in [6.45, 7) is -2.33. The lowest BCUT2D eigenvalue weighted by Gasteiger charge is -2.32. The molecule has 1 amide bonds. The van der Waals surface area contributed by atoms with Crippen molar-refractivity contribution in [2.45, 2.75) is 31.5 Å². The third kappa shape index (κ3) is 6.28. The van der Waals surface area contributed by atoms with Crippen LogP contribution in [-0.2, 0) is 4.79 Å². The van der Waals surface area contributed by atoms with E-state index in [9.17, 15) is 23.8 Å². The van der Waals surface area contributed by atoms with Gasteiger partial charge in [0.2, 0.25) is 11.9 Å². The molecule has 3 aromatic rings. The first-order chi connectivity index (χ1) is 16.9. The van der Waals surface area contributed by atoms with E-state index in [0.717, 1.165) is 12.0 Å². The van der Waals surface area contributed by atoms with Crippen molar-refractivity contribution in [2.75, 3.05) is 25.0 Å². The fraction of sp³-hybridized carbons (Fsp3) is 0.320. The number of benzene rings is 2. The van der Waals surface area contributed by atoms with Crippen molar-refractivity contribution in [3.8, 4) is 16.9 Å². The lowest BCUT2D eigenvalue weighted by atomic mass is 9.96. The Kier molecular flexibility index (Phi) is 7.84. The average Bonchev–Trinajstić information content (AvgIpc) is 2.86. The molecule has 10 heteroatoms. The minimum Gasteiger partial charge on any atom is -0.435 e. The number of alkyl halides is 2. The summed E-state index contributed by atoms with van der Waals surface area (Å²) in [5.41, 5.74) is 2.84. The van der Waals surface area contributed by atoms with E-state index in [1.54, 1.807) is 53.7 Å². The molecule has 1 saturated heterocycles. The Morgan fingerprint density at radius 1 is 1.09 bits per heavy atom. The van der Waals surface area contributed by atoms with Gasteiger partial charge in [0, 0.05) is 36.7 Å². The number of nitrogens with one attached hydrogen (secondary N) is 1. The lowest BCUT2D eigenvalue weighted by molar-refractivity contribution is -0.136. The van der Waals surface area contributed by atoms with Gasteiger partial charge < -0.3 is 25.2 Å². The molecule has 1 fully saturated rings. The van der Waals surface area contributed by atoms with Crippen molar-refractivity contribution >= 4 is 17.5 Å². The van der Waals surface area contributed by atoms with Gasteiger partial charge >= 0.3 is 6.61 Å². The number of carbonyl (C=O) groups excluding carboxylic acids is 1. The van der Waals surface area contributed by atoms with E-state index in [1.165, 1.54) is 12.1 Å². The van der Waals surface area contributed by atoms with Crippen LogP contribution in [0.4, 0.5) is 20.4 Å². The highest BCUT2D eigenvalue weighted by Gasteiger charge is 2.28. The Bertz CT molecular complexity index is 1110. The Labute approximate surface area is 201 Å². The van der Waals surface area contributed by atoms with Gasteiger partial charge in [-0.05, 0) is 48.2 Å². The Hall–Kier alpha value is -3.63. The van der Waals surface area contributed by atoms with Crippen LogP contribution in [0.5, 0.6) is 5.75 Å². The van der Waals surface area contributed by atoms with Gasteiger partial charge in [-0.25, -0.2) is 9.97 Å². The van der Waals surface area contributed by atoms with Crippen molar-refractivity contribution in [3.63, 3.8) is 0 Å². The second kappa shape index (κ2) is 11.2. The number of piperidine rings is 1. The number of aromatic nitrogens is 2. The topological polar surface area (TPSA) is 108 Å². The lowest BCUT2D eigenvalue weighted by Crippen LogP contribution is -2.44. The Morgan fingerprint density at radius 3 is 2.37 bits per heavy atom. The highest BCUT2D eigenvalue weighted by Crippen LogP contribution is 2.25. The summed E-state index contributed by atoms with van der Waals surface area (Å²) in [5, 5.41) is 22.8. The zero-order valence-corrected chi connectivity index (χ0v) is 18.8. The van der Waals surface area contributed by atoms with Gasteiger partial charge in [-0.1, -0.05) is 24.3 Å². The molecule has 0 spiro atoms. The number of nitrogens with zero attached hydrogens (tertiary/aromatic N) is 3. The molecule has 0 radical (unpaired) electrons. The summed E-state index contributed by atoms with van der Waals surface area (Å²) in [6, 6.07) is 13.3. The standard InChI is InChI=1S/C25H26F2N4O4/c26-24(27)35-21-9-5-16(6-10-21)18-12-28-25(29-13-18)30-19-7-3-17(4-8-19)22(15-32)23(34)31-11-1-2-20(33)14-31/h3-10,12-13,20,22,24,32-33H,1-2,11,14-15H2,(H,28,29,30)/t20-,22-/m1/s1. The second-order valence-corrected chi connectivity index (χ2v) is 8.26. The van der Waals surface area contributed by atoms with Crippen LogP contribution in [0.2, 0.25) is 0 Å². The molecule has 3 N–H and O–H groups in total. The van der Waals surface area contributed by atoms with Crippen molar-refractivity contribution in [3.05, 3.63) is 66.5 Å². The molecule has 0 aliphatic carbocycles. The van der Waals surface area contributed by atoms with E-state index in [1.807, 2.05) is 0 Å². The number of aliphatic hydroxyl groups excluding tert-OH is 2. The summed E-state index contributed by atoms with van der Waals surface area (Å²) >= 11 is 0. The number of likely N-dealkylation sites (tertiary alicyclic amines) is 1. The predicted octanol–water partition coefficient (Wildman–Crippen LogP) is 3.55. The highest BCUT2D eigenvalue weighted by atomic mass is 19.3. The van der Waals surface area contributed by atoms with Gasteiger partial charge in [0.15, 0.2) is 0 Å². The first-order valence-electron chi connectivity index (χ1n) is 11.2. The Morgan fingerprint density at radius 2 is 1.77 bits per heavy atom. The molecule has 1 aliphatic rings. The molecule has 35 heavy (non-hydrogen) atoms. The van der Waals surface area contributed by atoms with Gasteiger partial charge in [-0.3, -0.25) is 4.79 Å². The number of carbonyl (C=O) groups is 1. The Balaban J connectivity index is 1.38. The van der Waals surface area contributed by atoms with Crippen LogP contribution in [0.15, 0.2) is 60.9 Å². The summed E-state index contributed by atoms with van der Waals surface area (Å²) in [7, 11) is 0. The second-order valence-electron chi connectivity index (χ2n) is 8.26. The highest BCUT2D eigenvalue weighted by molar-refractivity contribution is 5.84. The van der Waals surface area contributed by atoms with Gasteiger partial charge in [0.25, 0.3) is 0 Å². The minimum atomic E-state index is -2.87. The van der Waals surface area contributed by atoms with Crippen LogP contribution in [0.1, 0.15) is 24.3 Å². The van der Waals surface area contributed by atoms with Crippen molar-refractivity contribution in [1.29, 1.82) is 0 Å². The number of hydrogen-bond donors (Lipinski definition) is 3. The molecule has 8 nitrogen and oxygen atoms in total. The zero-order chi connectivity index (χ0) is 24.8. The van der Waals surface area contributed by atoms with Crippen LogP contribution in [0, 0.1) is 0 Å². The van der Waals surface area contributed by atoms with Gasteiger partial charge in [0.05, 0.1) is 18.6 Å². The van der Waals surface area contributed by atoms with Crippen LogP contribution in [-0.4, -0.2) is 63.4 Å². The molecular weight excluding hydrogens is 458 g/mol.